The molecule has 6 heteroatoms. The molecule has 0 bridgehead atoms. The van der Waals surface area contributed by atoms with E-state index in [1.54, 1.807) is 0 Å². The lowest BCUT2D eigenvalue weighted by Crippen LogP contribution is -2.45. The van der Waals surface area contributed by atoms with Gasteiger partial charge in [-0.25, -0.2) is 0 Å². The number of pyridine rings is 1. The molecule has 2 rings (SSSR count). The maximum absolute atomic E-state index is 11.7. The summed E-state index contributed by atoms with van der Waals surface area (Å²) in [6.07, 6.45) is 2.69. The summed E-state index contributed by atoms with van der Waals surface area (Å²) in [7, 11) is 0. The molecule has 1 aliphatic heterocycles. The molecule has 0 saturated carbocycles. The molecule has 17 heavy (non-hydrogen) atoms. The van der Waals surface area contributed by atoms with E-state index in [9.17, 15) is 9.90 Å². The molecule has 1 fully saturated rings. The number of nitrogens with zero attached hydrogens (tertiary/aromatic N) is 1. The molecule has 1 saturated heterocycles. The van der Waals surface area contributed by atoms with Gasteiger partial charge in [-0.05, 0) is 6.07 Å². The molecular weight excluding hydrogens is 222 g/mol. The fraction of sp³-hybridized carbons (Fsp3) is 0.455. The molecule has 1 aliphatic rings. The number of carbonyl (C=O) groups excluding carboxylic acids is 1. The van der Waals surface area contributed by atoms with Gasteiger partial charge in [-0.15, -0.1) is 0 Å². The van der Waals surface area contributed by atoms with Crippen LogP contribution in [0.5, 0.6) is 5.75 Å². The van der Waals surface area contributed by atoms with Gasteiger partial charge in [-0.1, -0.05) is 0 Å². The lowest BCUT2D eigenvalue weighted by Gasteiger charge is -2.23. The zero-order valence-corrected chi connectivity index (χ0v) is 9.35. The number of hydrogen-bond donors (Lipinski definition) is 3. The van der Waals surface area contributed by atoms with Crippen molar-refractivity contribution in [3.05, 3.63) is 24.0 Å². The zero-order valence-electron chi connectivity index (χ0n) is 9.35. The van der Waals surface area contributed by atoms with Crippen LogP contribution < -0.4 is 10.6 Å². The Kier molecular flexibility index (Phi) is 3.89. The molecule has 1 atom stereocenters. The van der Waals surface area contributed by atoms with Crippen LogP contribution in [0, 0.1) is 0 Å². The van der Waals surface area contributed by atoms with E-state index in [1.807, 2.05) is 0 Å². The minimum Gasteiger partial charge on any atom is -0.506 e. The van der Waals surface area contributed by atoms with Crippen LogP contribution >= 0.6 is 0 Å². The van der Waals surface area contributed by atoms with Gasteiger partial charge >= 0.3 is 0 Å². The van der Waals surface area contributed by atoms with E-state index in [0.717, 1.165) is 13.1 Å². The summed E-state index contributed by atoms with van der Waals surface area (Å²) in [5.74, 6) is -0.282. The number of aromatic hydroxyl groups is 1. The quantitative estimate of drug-likeness (QED) is 0.660. The van der Waals surface area contributed by atoms with Crippen LogP contribution in [0.2, 0.25) is 0 Å². The largest absolute Gasteiger partial charge is 0.506 e. The van der Waals surface area contributed by atoms with Crippen molar-refractivity contribution in [2.45, 2.75) is 6.10 Å². The minimum absolute atomic E-state index is 0.00188. The Morgan fingerprint density at radius 2 is 2.53 bits per heavy atom. The van der Waals surface area contributed by atoms with Crippen molar-refractivity contribution >= 4 is 5.91 Å². The Morgan fingerprint density at radius 1 is 1.65 bits per heavy atom. The van der Waals surface area contributed by atoms with Gasteiger partial charge in [-0.2, -0.15) is 0 Å². The van der Waals surface area contributed by atoms with Gasteiger partial charge < -0.3 is 20.5 Å². The Morgan fingerprint density at radius 3 is 3.24 bits per heavy atom. The van der Waals surface area contributed by atoms with E-state index in [4.69, 9.17) is 4.74 Å². The van der Waals surface area contributed by atoms with Crippen molar-refractivity contribution in [1.82, 2.24) is 15.6 Å². The molecule has 1 aromatic rings. The number of nitrogens with one attached hydrogen (secondary N) is 2. The van der Waals surface area contributed by atoms with Crippen LogP contribution in [-0.4, -0.2) is 48.3 Å². The normalized spacial score (nSPS) is 19.9. The Hall–Kier alpha value is -1.66. The minimum atomic E-state index is -0.262. The van der Waals surface area contributed by atoms with Crippen molar-refractivity contribution in [2.24, 2.45) is 0 Å². The van der Waals surface area contributed by atoms with E-state index in [1.165, 1.54) is 18.5 Å². The Bertz CT molecular complexity index is 391. The van der Waals surface area contributed by atoms with Crippen molar-refractivity contribution in [3.63, 3.8) is 0 Å². The lowest BCUT2D eigenvalue weighted by atomic mass is 10.2. The first-order valence-electron chi connectivity index (χ1n) is 5.50. The van der Waals surface area contributed by atoms with Gasteiger partial charge in [-0.3, -0.25) is 9.78 Å². The summed E-state index contributed by atoms with van der Waals surface area (Å²) in [6.45, 7) is 2.69. The molecule has 1 aromatic heterocycles. The molecule has 2 heterocycles. The van der Waals surface area contributed by atoms with Crippen LogP contribution in [-0.2, 0) is 4.74 Å². The topological polar surface area (TPSA) is 83.5 Å². The molecule has 1 unspecified atom stereocenters. The highest BCUT2D eigenvalue weighted by molar-refractivity contribution is 5.94. The van der Waals surface area contributed by atoms with Crippen LogP contribution in [0.15, 0.2) is 18.5 Å². The second kappa shape index (κ2) is 5.60. The van der Waals surface area contributed by atoms with E-state index >= 15 is 0 Å². The first kappa shape index (κ1) is 11.8. The summed E-state index contributed by atoms with van der Waals surface area (Å²) in [5.41, 5.74) is 0.341. The van der Waals surface area contributed by atoms with Crippen LogP contribution in [0.3, 0.4) is 0 Å². The Labute approximate surface area is 99.0 Å². The summed E-state index contributed by atoms with van der Waals surface area (Å²) in [6, 6.07) is 1.38. The number of hydrogen-bond acceptors (Lipinski definition) is 5. The highest BCUT2D eigenvalue weighted by Crippen LogP contribution is 2.08. The van der Waals surface area contributed by atoms with Crippen molar-refractivity contribution in [3.8, 4) is 5.75 Å². The molecule has 3 N–H and O–H groups in total. The van der Waals surface area contributed by atoms with Crippen molar-refractivity contribution in [2.75, 3.05) is 26.2 Å². The van der Waals surface area contributed by atoms with Gasteiger partial charge in [0.25, 0.3) is 5.91 Å². The van der Waals surface area contributed by atoms with Crippen LogP contribution in [0.25, 0.3) is 0 Å². The highest BCUT2D eigenvalue weighted by Gasteiger charge is 2.15. The molecule has 0 spiro atoms. The molecule has 0 aromatic carbocycles. The van der Waals surface area contributed by atoms with E-state index in [-0.39, 0.29) is 17.8 Å². The SMILES string of the molecule is O=C(NCC1CNCCO1)c1cncc(O)c1. The molecular formula is C11H15N3O3. The molecule has 0 aliphatic carbocycles. The number of ether oxygens (including phenoxy) is 1. The average molecular weight is 237 g/mol. The zero-order chi connectivity index (χ0) is 12.1. The monoisotopic (exact) mass is 237 g/mol. The summed E-state index contributed by atoms with van der Waals surface area (Å²) >= 11 is 0. The van der Waals surface area contributed by atoms with Crippen LogP contribution in [0.1, 0.15) is 10.4 Å². The second-order valence-electron chi connectivity index (χ2n) is 3.84. The predicted octanol–water partition coefficient (Wildman–Crippen LogP) is -0.495. The fourth-order valence-electron chi connectivity index (χ4n) is 1.61. The van der Waals surface area contributed by atoms with Crippen LogP contribution in [0.4, 0.5) is 0 Å². The average Bonchev–Trinajstić information content (AvgIpc) is 2.37. The highest BCUT2D eigenvalue weighted by atomic mass is 16.5. The summed E-state index contributed by atoms with van der Waals surface area (Å²) in [4.78, 5) is 15.4. The third-order valence-corrected chi connectivity index (χ3v) is 2.48. The van der Waals surface area contributed by atoms with Gasteiger partial charge in [0.15, 0.2) is 0 Å². The first-order valence-corrected chi connectivity index (χ1v) is 5.50. The predicted molar refractivity (Wildman–Crippen MR) is 60.8 cm³/mol. The van der Waals surface area contributed by atoms with E-state index < -0.39 is 0 Å². The number of rotatable bonds is 3. The standard InChI is InChI=1S/C11H15N3O3/c15-9-3-8(4-13-5-9)11(16)14-7-10-6-12-1-2-17-10/h3-5,10,12,15H,1-2,6-7H2,(H,14,16). The number of carbonyl (C=O) groups is 1. The third kappa shape index (κ3) is 3.40. The molecule has 6 nitrogen and oxygen atoms in total. The molecule has 1 amide bonds. The second-order valence-corrected chi connectivity index (χ2v) is 3.84. The number of morpholine rings is 1. The molecule has 0 radical (unpaired) electrons. The maximum Gasteiger partial charge on any atom is 0.253 e. The molecule has 92 valence electrons. The summed E-state index contributed by atoms with van der Waals surface area (Å²) < 4.78 is 5.45. The van der Waals surface area contributed by atoms with Gasteiger partial charge in [0.05, 0.1) is 24.5 Å². The van der Waals surface area contributed by atoms with Gasteiger partial charge in [0.1, 0.15) is 5.75 Å². The first-order chi connectivity index (χ1) is 8.25. The number of amides is 1. The lowest BCUT2D eigenvalue weighted by molar-refractivity contribution is 0.0287. The summed E-state index contributed by atoms with van der Waals surface area (Å²) in [5, 5.41) is 15.1. The van der Waals surface area contributed by atoms with Crippen molar-refractivity contribution in [1.29, 1.82) is 0 Å². The Balaban J connectivity index is 1.84. The van der Waals surface area contributed by atoms with Gasteiger partial charge in [0.2, 0.25) is 0 Å². The third-order valence-electron chi connectivity index (χ3n) is 2.48. The smallest absolute Gasteiger partial charge is 0.253 e. The number of aromatic nitrogens is 1. The van der Waals surface area contributed by atoms with Crippen molar-refractivity contribution < 1.29 is 14.6 Å². The maximum atomic E-state index is 11.7. The van der Waals surface area contributed by atoms with E-state index in [0.29, 0.717) is 18.7 Å². The van der Waals surface area contributed by atoms with Gasteiger partial charge in [0, 0.05) is 25.8 Å². The van der Waals surface area contributed by atoms with E-state index in [2.05, 4.69) is 15.6 Å². The fourth-order valence-corrected chi connectivity index (χ4v) is 1.61.